The fourth-order valence-electron chi connectivity index (χ4n) is 1.21. The summed E-state index contributed by atoms with van der Waals surface area (Å²) in [4.78, 5) is 0. The summed E-state index contributed by atoms with van der Waals surface area (Å²) in [7, 11) is 1.64. The van der Waals surface area contributed by atoms with Gasteiger partial charge in [0.15, 0.2) is 0 Å². The average molecular weight is 187 g/mol. The predicted octanol–water partition coefficient (Wildman–Crippen LogP) is 0.938. The van der Waals surface area contributed by atoms with Gasteiger partial charge in [-0.25, -0.2) is 0 Å². The first-order chi connectivity index (χ1) is 6.24. The van der Waals surface area contributed by atoms with Gasteiger partial charge < -0.3 is 15.2 Å². The van der Waals surface area contributed by atoms with Gasteiger partial charge in [0.25, 0.3) is 0 Å². The molecule has 0 bridgehead atoms. The molecule has 0 aliphatic heterocycles. The summed E-state index contributed by atoms with van der Waals surface area (Å²) in [5.41, 5.74) is 0. The number of hydrogen-bond acceptors (Lipinski definition) is 3. The van der Waals surface area contributed by atoms with Crippen LogP contribution in [0.3, 0.4) is 0 Å². The third-order valence-electron chi connectivity index (χ3n) is 1.91. The van der Waals surface area contributed by atoms with Gasteiger partial charge in [0.05, 0.1) is 19.3 Å². The van der Waals surface area contributed by atoms with Crippen LogP contribution >= 0.6 is 0 Å². The molecule has 0 saturated carbocycles. The third-order valence-corrected chi connectivity index (χ3v) is 1.91. The fraction of sp³-hybridized carbons (Fsp3) is 0.800. The highest BCUT2D eigenvalue weighted by atomic mass is 16.5. The van der Waals surface area contributed by atoms with Crippen LogP contribution in [0.25, 0.3) is 0 Å². The largest absolute Gasteiger partial charge is 0.395 e. The minimum Gasteiger partial charge on any atom is -0.395 e. The zero-order valence-electron chi connectivity index (χ0n) is 8.62. The Bertz CT molecular complexity index is 128. The lowest BCUT2D eigenvalue weighted by Crippen LogP contribution is -2.41. The van der Waals surface area contributed by atoms with E-state index < -0.39 is 0 Å². The van der Waals surface area contributed by atoms with Crippen LogP contribution in [-0.2, 0) is 4.74 Å². The van der Waals surface area contributed by atoms with Crippen LogP contribution in [0.5, 0.6) is 0 Å². The molecule has 3 heteroatoms. The first kappa shape index (κ1) is 12.6. The molecule has 2 atom stereocenters. The summed E-state index contributed by atoms with van der Waals surface area (Å²) < 4.78 is 4.96. The van der Waals surface area contributed by atoms with Gasteiger partial charge in [-0.15, -0.1) is 6.58 Å². The van der Waals surface area contributed by atoms with E-state index in [1.807, 2.05) is 6.08 Å². The van der Waals surface area contributed by atoms with Crippen LogP contribution in [0, 0.1) is 0 Å². The van der Waals surface area contributed by atoms with Crippen LogP contribution in [0.2, 0.25) is 0 Å². The second-order valence-electron chi connectivity index (χ2n) is 3.27. The predicted molar refractivity (Wildman–Crippen MR) is 54.8 cm³/mol. The van der Waals surface area contributed by atoms with Crippen LogP contribution in [0.1, 0.15) is 19.8 Å². The summed E-state index contributed by atoms with van der Waals surface area (Å²) in [5, 5.41) is 12.2. The summed E-state index contributed by atoms with van der Waals surface area (Å²) in [6, 6.07) is 0.440. The molecule has 0 aliphatic carbocycles. The molecule has 0 saturated heterocycles. The molecule has 0 aromatic carbocycles. The Kier molecular flexibility index (Phi) is 7.99. The maximum absolute atomic E-state index is 8.97. The highest BCUT2D eigenvalue weighted by Gasteiger charge is 2.09. The van der Waals surface area contributed by atoms with Gasteiger partial charge >= 0.3 is 0 Å². The van der Waals surface area contributed by atoms with E-state index in [4.69, 9.17) is 9.84 Å². The van der Waals surface area contributed by atoms with Gasteiger partial charge in [-0.2, -0.15) is 0 Å². The molecule has 0 aliphatic rings. The monoisotopic (exact) mass is 187 g/mol. The van der Waals surface area contributed by atoms with Crippen molar-refractivity contribution in [3.8, 4) is 0 Å². The fourth-order valence-corrected chi connectivity index (χ4v) is 1.21. The van der Waals surface area contributed by atoms with Crippen molar-refractivity contribution in [3.05, 3.63) is 12.7 Å². The van der Waals surface area contributed by atoms with Gasteiger partial charge in [0.1, 0.15) is 0 Å². The highest BCUT2D eigenvalue weighted by molar-refractivity contribution is 4.74. The van der Waals surface area contributed by atoms with Crippen molar-refractivity contribution in [1.29, 1.82) is 0 Å². The van der Waals surface area contributed by atoms with Crippen LogP contribution in [-0.4, -0.2) is 37.5 Å². The Morgan fingerprint density at radius 2 is 2.31 bits per heavy atom. The lowest BCUT2D eigenvalue weighted by atomic mass is 10.1. The van der Waals surface area contributed by atoms with E-state index in [9.17, 15) is 0 Å². The lowest BCUT2D eigenvalue weighted by molar-refractivity contribution is 0.122. The molecule has 0 heterocycles. The minimum atomic E-state index is 0.0461. The van der Waals surface area contributed by atoms with E-state index >= 15 is 0 Å². The standard InChI is InChI=1S/C10H21NO2/c1-4-5-6-9(2)11-10(7-12)8-13-3/h4,9-12H,1,5-8H2,2-3H3. The van der Waals surface area contributed by atoms with E-state index in [2.05, 4.69) is 18.8 Å². The summed E-state index contributed by atoms with van der Waals surface area (Å²) in [6.07, 6.45) is 3.95. The molecule has 0 aromatic rings. The van der Waals surface area contributed by atoms with Crippen molar-refractivity contribution in [3.63, 3.8) is 0 Å². The van der Waals surface area contributed by atoms with Gasteiger partial charge in [-0.05, 0) is 19.8 Å². The van der Waals surface area contributed by atoms with E-state index in [1.54, 1.807) is 7.11 Å². The van der Waals surface area contributed by atoms with Crippen LogP contribution < -0.4 is 5.32 Å². The maximum Gasteiger partial charge on any atom is 0.0638 e. The van der Waals surface area contributed by atoms with Crippen molar-refractivity contribution in [2.45, 2.75) is 31.8 Å². The molecule has 0 radical (unpaired) electrons. The molecular weight excluding hydrogens is 166 g/mol. The van der Waals surface area contributed by atoms with Gasteiger partial charge in [-0.1, -0.05) is 6.08 Å². The molecule has 0 aromatic heterocycles. The molecule has 78 valence electrons. The number of aliphatic hydroxyl groups excluding tert-OH is 1. The smallest absolute Gasteiger partial charge is 0.0638 e. The van der Waals surface area contributed by atoms with E-state index in [0.717, 1.165) is 12.8 Å². The highest BCUT2D eigenvalue weighted by Crippen LogP contribution is 1.98. The summed E-state index contributed by atoms with van der Waals surface area (Å²) in [5.74, 6) is 0. The van der Waals surface area contributed by atoms with Gasteiger partial charge in [-0.3, -0.25) is 0 Å². The number of ether oxygens (including phenoxy) is 1. The molecule has 3 nitrogen and oxygen atoms in total. The third kappa shape index (κ3) is 6.75. The Labute approximate surface area is 80.8 Å². The van der Waals surface area contributed by atoms with Crippen molar-refractivity contribution >= 4 is 0 Å². The number of aliphatic hydroxyl groups is 1. The molecule has 0 amide bonds. The molecular formula is C10H21NO2. The van der Waals surface area contributed by atoms with E-state index in [0.29, 0.717) is 12.6 Å². The zero-order valence-corrected chi connectivity index (χ0v) is 8.62. The van der Waals surface area contributed by atoms with E-state index in [1.165, 1.54) is 0 Å². The Morgan fingerprint density at radius 1 is 1.62 bits per heavy atom. The zero-order chi connectivity index (χ0) is 10.1. The number of hydrogen-bond donors (Lipinski definition) is 2. The first-order valence-corrected chi connectivity index (χ1v) is 4.71. The topological polar surface area (TPSA) is 41.5 Å². The van der Waals surface area contributed by atoms with Crippen molar-refractivity contribution in [2.24, 2.45) is 0 Å². The Morgan fingerprint density at radius 3 is 2.77 bits per heavy atom. The second kappa shape index (κ2) is 8.23. The second-order valence-corrected chi connectivity index (χ2v) is 3.27. The minimum absolute atomic E-state index is 0.0461. The van der Waals surface area contributed by atoms with Gasteiger partial charge in [0.2, 0.25) is 0 Å². The normalized spacial score (nSPS) is 15.3. The number of rotatable bonds is 8. The molecule has 2 N–H and O–H groups in total. The Balaban J connectivity index is 3.58. The quantitative estimate of drug-likeness (QED) is 0.556. The van der Waals surface area contributed by atoms with Crippen LogP contribution in [0.4, 0.5) is 0 Å². The molecule has 2 unspecified atom stereocenters. The Hall–Kier alpha value is -0.380. The number of allylic oxidation sites excluding steroid dienone is 1. The SMILES string of the molecule is C=CCCC(C)NC(CO)COC. The maximum atomic E-state index is 8.97. The first-order valence-electron chi connectivity index (χ1n) is 4.71. The van der Waals surface area contributed by atoms with Crippen molar-refractivity contribution in [2.75, 3.05) is 20.3 Å². The lowest BCUT2D eigenvalue weighted by Gasteiger charge is -2.20. The van der Waals surface area contributed by atoms with Crippen molar-refractivity contribution < 1.29 is 9.84 Å². The van der Waals surface area contributed by atoms with Crippen LogP contribution in [0.15, 0.2) is 12.7 Å². The number of nitrogens with one attached hydrogen (secondary N) is 1. The van der Waals surface area contributed by atoms with E-state index in [-0.39, 0.29) is 12.6 Å². The molecule has 0 spiro atoms. The van der Waals surface area contributed by atoms with Crippen molar-refractivity contribution in [1.82, 2.24) is 5.32 Å². The molecule has 13 heavy (non-hydrogen) atoms. The average Bonchev–Trinajstić information content (AvgIpc) is 2.14. The summed E-state index contributed by atoms with van der Waals surface area (Å²) in [6.45, 7) is 6.43. The van der Waals surface area contributed by atoms with Gasteiger partial charge in [0, 0.05) is 13.2 Å². The molecule has 0 fully saturated rings. The molecule has 0 rings (SSSR count). The number of methoxy groups -OCH3 is 1. The summed E-state index contributed by atoms with van der Waals surface area (Å²) >= 11 is 0.